The second-order valence-electron chi connectivity index (χ2n) is 5.18. The maximum atomic E-state index is 5.21. The van der Waals surface area contributed by atoms with E-state index in [4.69, 9.17) is 12.2 Å². The van der Waals surface area contributed by atoms with Gasteiger partial charge in [-0.1, -0.05) is 24.3 Å². The summed E-state index contributed by atoms with van der Waals surface area (Å²) in [5.41, 5.74) is 7.11. The quantitative estimate of drug-likeness (QED) is 0.516. The van der Waals surface area contributed by atoms with E-state index in [9.17, 15) is 0 Å². The van der Waals surface area contributed by atoms with E-state index >= 15 is 0 Å². The summed E-state index contributed by atoms with van der Waals surface area (Å²) in [5, 5.41) is 7.70. The van der Waals surface area contributed by atoms with Crippen LogP contribution >= 0.6 is 12.2 Å². The summed E-state index contributed by atoms with van der Waals surface area (Å²) in [6, 6.07) is 16.1. The Morgan fingerprint density at radius 2 is 1.86 bits per heavy atom. The number of rotatable bonds is 4. The molecule has 2 aromatic rings. The van der Waals surface area contributed by atoms with E-state index in [1.807, 2.05) is 69.6 Å². The lowest BCUT2D eigenvalue weighted by atomic mass is 10.2. The van der Waals surface area contributed by atoms with Gasteiger partial charge >= 0.3 is 0 Å². The normalized spacial score (nSPS) is 10.5. The lowest BCUT2D eigenvalue weighted by Crippen LogP contribution is -2.23. The van der Waals surface area contributed by atoms with Crippen LogP contribution in [0.1, 0.15) is 11.1 Å². The summed E-state index contributed by atoms with van der Waals surface area (Å²) < 4.78 is 0. The fraction of sp³-hybridized carbons (Fsp3) is 0.176. The van der Waals surface area contributed by atoms with Crippen LogP contribution in [0.3, 0.4) is 0 Å². The Balaban J connectivity index is 1.87. The van der Waals surface area contributed by atoms with E-state index in [0.29, 0.717) is 5.11 Å². The fourth-order valence-electron chi connectivity index (χ4n) is 1.91. The van der Waals surface area contributed by atoms with Crippen LogP contribution in [-0.4, -0.2) is 25.4 Å². The van der Waals surface area contributed by atoms with Crippen molar-refractivity contribution < 1.29 is 0 Å². The molecule has 0 aliphatic carbocycles. The predicted octanol–water partition coefficient (Wildman–Crippen LogP) is 3.38. The molecule has 0 radical (unpaired) electrons. The van der Waals surface area contributed by atoms with Crippen molar-refractivity contribution in [2.75, 3.05) is 24.3 Å². The highest BCUT2D eigenvalue weighted by Gasteiger charge is 1.97. The topological polar surface area (TPSA) is 39.7 Å². The van der Waals surface area contributed by atoms with Crippen LogP contribution in [0.2, 0.25) is 0 Å². The smallest absolute Gasteiger partial charge is 0.191 e. The number of aryl methyl sites for hydroxylation is 1. The van der Waals surface area contributed by atoms with Crippen LogP contribution in [-0.2, 0) is 0 Å². The highest BCUT2D eigenvalue weighted by atomic mass is 32.1. The van der Waals surface area contributed by atoms with Gasteiger partial charge in [0.2, 0.25) is 0 Å². The lowest BCUT2D eigenvalue weighted by molar-refractivity contribution is 1.05. The number of hydrazone groups is 1. The van der Waals surface area contributed by atoms with Crippen LogP contribution in [0.25, 0.3) is 0 Å². The van der Waals surface area contributed by atoms with Gasteiger partial charge in [0.1, 0.15) is 0 Å². The molecular formula is C17H20N4S. The molecule has 4 nitrogen and oxygen atoms in total. The standard InChI is InChI=1S/C17H20N4S/c1-13-5-4-6-15(11-13)19-17(22)20-18-12-14-7-9-16(10-8-14)21(2)3/h4-12H,1-3H3,(H2,19,20,22). The van der Waals surface area contributed by atoms with Crippen molar-refractivity contribution in [1.82, 2.24) is 5.43 Å². The average molecular weight is 312 g/mol. The van der Waals surface area contributed by atoms with E-state index in [2.05, 4.69) is 20.7 Å². The zero-order valence-electron chi connectivity index (χ0n) is 13.0. The van der Waals surface area contributed by atoms with Gasteiger partial charge in [-0.2, -0.15) is 5.10 Å². The van der Waals surface area contributed by atoms with Gasteiger partial charge in [0, 0.05) is 25.5 Å². The molecule has 114 valence electrons. The van der Waals surface area contributed by atoms with Crippen molar-refractivity contribution in [3.8, 4) is 0 Å². The molecular weight excluding hydrogens is 292 g/mol. The first-order valence-corrected chi connectivity index (χ1v) is 7.39. The first-order valence-electron chi connectivity index (χ1n) is 6.99. The third kappa shape index (κ3) is 4.86. The highest BCUT2D eigenvalue weighted by Crippen LogP contribution is 2.11. The molecule has 5 heteroatoms. The molecule has 2 rings (SSSR count). The summed E-state index contributed by atoms with van der Waals surface area (Å²) in [5.74, 6) is 0. The Morgan fingerprint density at radius 3 is 2.50 bits per heavy atom. The third-order valence-corrected chi connectivity index (χ3v) is 3.26. The van der Waals surface area contributed by atoms with E-state index < -0.39 is 0 Å². The van der Waals surface area contributed by atoms with Crippen LogP contribution in [0.15, 0.2) is 53.6 Å². The van der Waals surface area contributed by atoms with Gasteiger partial charge in [-0.15, -0.1) is 0 Å². The molecule has 0 aliphatic heterocycles. The fourth-order valence-corrected chi connectivity index (χ4v) is 2.08. The molecule has 0 fully saturated rings. The van der Waals surface area contributed by atoms with Crippen molar-refractivity contribution >= 4 is 34.9 Å². The Labute approximate surface area is 136 Å². The lowest BCUT2D eigenvalue weighted by Gasteiger charge is -2.11. The van der Waals surface area contributed by atoms with Gasteiger partial charge in [0.15, 0.2) is 5.11 Å². The summed E-state index contributed by atoms with van der Waals surface area (Å²) >= 11 is 5.21. The van der Waals surface area contributed by atoms with Crippen LogP contribution in [0.4, 0.5) is 11.4 Å². The molecule has 2 N–H and O–H groups in total. The van der Waals surface area contributed by atoms with Crippen LogP contribution < -0.4 is 15.6 Å². The number of nitrogens with zero attached hydrogens (tertiary/aromatic N) is 2. The molecule has 22 heavy (non-hydrogen) atoms. The second-order valence-corrected chi connectivity index (χ2v) is 5.59. The Hall–Kier alpha value is -2.40. The van der Waals surface area contributed by atoms with Crippen LogP contribution in [0, 0.1) is 6.92 Å². The van der Waals surface area contributed by atoms with E-state index in [1.165, 1.54) is 5.56 Å². The molecule has 0 atom stereocenters. The maximum Gasteiger partial charge on any atom is 0.191 e. The molecule has 0 saturated heterocycles. The Morgan fingerprint density at radius 1 is 1.14 bits per heavy atom. The zero-order chi connectivity index (χ0) is 15.9. The molecule has 0 aliphatic rings. The van der Waals surface area contributed by atoms with Gasteiger partial charge in [0.25, 0.3) is 0 Å². The summed E-state index contributed by atoms with van der Waals surface area (Å²) in [6.07, 6.45) is 1.74. The number of nitrogens with one attached hydrogen (secondary N) is 2. The van der Waals surface area contributed by atoms with Gasteiger partial charge in [0.05, 0.1) is 6.21 Å². The van der Waals surface area contributed by atoms with E-state index in [1.54, 1.807) is 6.21 Å². The first-order chi connectivity index (χ1) is 10.5. The minimum absolute atomic E-state index is 0.465. The molecule has 0 spiro atoms. The van der Waals surface area contributed by atoms with Gasteiger partial charge in [-0.3, -0.25) is 5.43 Å². The number of hydrogen-bond acceptors (Lipinski definition) is 3. The largest absolute Gasteiger partial charge is 0.378 e. The summed E-state index contributed by atoms with van der Waals surface area (Å²) in [4.78, 5) is 2.06. The summed E-state index contributed by atoms with van der Waals surface area (Å²) in [6.45, 7) is 2.04. The monoisotopic (exact) mass is 312 g/mol. The average Bonchev–Trinajstić information content (AvgIpc) is 2.47. The molecule has 0 heterocycles. The summed E-state index contributed by atoms with van der Waals surface area (Å²) in [7, 11) is 4.03. The molecule has 0 saturated carbocycles. The molecule has 0 unspecified atom stereocenters. The van der Waals surface area contributed by atoms with Gasteiger partial charge in [-0.05, 0) is 54.5 Å². The first kappa shape index (κ1) is 16.0. The zero-order valence-corrected chi connectivity index (χ0v) is 13.8. The molecule has 2 aromatic carbocycles. The molecule has 0 aromatic heterocycles. The van der Waals surface area contributed by atoms with Crippen molar-refractivity contribution in [1.29, 1.82) is 0 Å². The minimum Gasteiger partial charge on any atom is -0.378 e. The Kier molecular flexibility index (Phi) is 5.49. The second kappa shape index (κ2) is 7.56. The van der Waals surface area contributed by atoms with Crippen molar-refractivity contribution in [2.24, 2.45) is 5.10 Å². The van der Waals surface area contributed by atoms with Gasteiger partial charge < -0.3 is 10.2 Å². The van der Waals surface area contributed by atoms with Crippen molar-refractivity contribution in [3.63, 3.8) is 0 Å². The van der Waals surface area contributed by atoms with Gasteiger partial charge in [-0.25, -0.2) is 0 Å². The third-order valence-electron chi connectivity index (χ3n) is 3.07. The van der Waals surface area contributed by atoms with E-state index in [-0.39, 0.29) is 0 Å². The maximum absolute atomic E-state index is 5.21. The molecule has 0 amide bonds. The molecule has 0 bridgehead atoms. The SMILES string of the molecule is Cc1cccc(NC(=S)NN=Cc2ccc(N(C)C)cc2)c1. The number of thiocarbonyl (C=S) groups is 1. The number of benzene rings is 2. The predicted molar refractivity (Wildman–Crippen MR) is 98.9 cm³/mol. The highest BCUT2D eigenvalue weighted by molar-refractivity contribution is 7.80. The number of anilines is 2. The number of hydrogen-bond donors (Lipinski definition) is 2. The Bertz CT molecular complexity index is 663. The van der Waals surface area contributed by atoms with E-state index in [0.717, 1.165) is 16.9 Å². The van der Waals surface area contributed by atoms with Crippen LogP contribution in [0.5, 0.6) is 0 Å². The minimum atomic E-state index is 0.465. The van der Waals surface area contributed by atoms with Crippen molar-refractivity contribution in [3.05, 3.63) is 59.7 Å². The van der Waals surface area contributed by atoms with Crippen molar-refractivity contribution in [2.45, 2.75) is 6.92 Å².